The number of hydrogen-bond acceptors (Lipinski definition) is 4. The van der Waals surface area contributed by atoms with E-state index in [1.54, 1.807) is 0 Å². The normalized spacial score (nSPS) is 21.8. The zero-order valence-corrected chi connectivity index (χ0v) is 12.1. The zero-order valence-electron chi connectivity index (χ0n) is 12.1. The van der Waals surface area contributed by atoms with Crippen molar-refractivity contribution in [2.24, 2.45) is 0 Å². The highest BCUT2D eigenvalue weighted by Gasteiger charge is 2.09. The molecule has 0 N–H and O–H groups in total. The first kappa shape index (κ1) is 16.6. The predicted octanol–water partition coefficient (Wildman–Crippen LogP) is 2.57. The van der Waals surface area contributed by atoms with Crippen LogP contribution < -0.4 is 0 Å². The van der Waals surface area contributed by atoms with Crippen LogP contribution in [-0.4, -0.2) is 52.4 Å². The van der Waals surface area contributed by atoms with Gasteiger partial charge in [0.25, 0.3) is 0 Å². The van der Waals surface area contributed by atoms with Crippen molar-refractivity contribution < 1.29 is 18.9 Å². The molecule has 0 unspecified atom stereocenters. The minimum atomic E-state index is 0.234. The third-order valence-electron chi connectivity index (χ3n) is 2.86. The van der Waals surface area contributed by atoms with Crippen LogP contribution in [0.4, 0.5) is 0 Å². The van der Waals surface area contributed by atoms with Gasteiger partial charge in [-0.1, -0.05) is 19.1 Å². The Balaban J connectivity index is 1.85. The maximum absolute atomic E-state index is 5.72. The first-order chi connectivity index (χ1) is 9.43. The maximum Gasteiger partial charge on any atom is 0.0811 e. The molecule has 1 rings (SSSR count). The van der Waals surface area contributed by atoms with Gasteiger partial charge in [-0.2, -0.15) is 0 Å². The molecule has 4 heteroatoms. The average Bonchev–Trinajstić information content (AvgIpc) is 2.39. The lowest BCUT2D eigenvalue weighted by atomic mass is 10.1. The third-order valence-corrected chi connectivity index (χ3v) is 2.86. The van der Waals surface area contributed by atoms with E-state index in [0.717, 1.165) is 38.9 Å². The van der Waals surface area contributed by atoms with Crippen molar-refractivity contribution in [2.45, 2.75) is 38.7 Å². The third kappa shape index (κ3) is 10.1. The molecule has 0 saturated carbocycles. The SMILES string of the molecule is CCCOCCOCCOC[C@H]1CC/C=C/CCO1. The Morgan fingerprint density at radius 2 is 1.63 bits per heavy atom. The summed E-state index contributed by atoms with van der Waals surface area (Å²) in [5, 5.41) is 0. The van der Waals surface area contributed by atoms with Crippen molar-refractivity contribution in [1.82, 2.24) is 0 Å². The summed E-state index contributed by atoms with van der Waals surface area (Å²) in [7, 11) is 0. The fourth-order valence-electron chi connectivity index (χ4n) is 1.83. The number of allylic oxidation sites excluding steroid dienone is 1. The molecule has 0 bridgehead atoms. The van der Waals surface area contributed by atoms with E-state index in [0.29, 0.717) is 33.0 Å². The van der Waals surface area contributed by atoms with E-state index in [-0.39, 0.29) is 6.10 Å². The Kier molecular flexibility index (Phi) is 11.0. The van der Waals surface area contributed by atoms with Gasteiger partial charge >= 0.3 is 0 Å². The Hall–Kier alpha value is -0.420. The van der Waals surface area contributed by atoms with Gasteiger partial charge in [0.15, 0.2) is 0 Å². The van der Waals surface area contributed by atoms with E-state index >= 15 is 0 Å². The van der Waals surface area contributed by atoms with Crippen molar-refractivity contribution in [2.75, 3.05) is 46.2 Å². The Labute approximate surface area is 117 Å². The van der Waals surface area contributed by atoms with Gasteiger partial charge in [0.1, 0.15) is 0 Å². The molecule has 112 valence electrons. The van der Waals surface area contributed by atoms with Crippen LogP contribution in [0.15, 0.2) is 12.2 Å². The first-order valence-corrected chi connectivity index (χ1v) is 7.43. The molecule has 1 atom stereocenters. The molecular formula is C15H28O4. The average molecular weight is 272 g/mol. The Bertz CT molecular complexity index is 218. The van der Waals surface area contributed by atoms with Crippen LogP contribution >= 0.6 is 0 Å². The fraction of sp³-hybridized carbons (Fsp3) is 0.867. The largest absolute Gasteiger partial charge is 0.379 e. The maximum atomic E-state index is 5.72. The zero-order chi connectivity index (χ0) is 13.6. The molecule has 0 aromatic rings. The van der Waals surface area contributed by atoms with E-state index in [9.17, 15) is 0 Å². The molecule has 1 heterocycles. The van der Waals surface area contributed by atoms with Gasteiger partial charge < -0.3 is 18.9 Å². The molecule has 4 nitrogen and oxygen atoms in total. The minimum Gasteiger partial charge on any atom is -0.379 e. The van der Waals surface area contributed by atoms with Crippen molar-refractivity contribution in [3.63, 3.8) is 0 Å². The second-order valence-corrected chi connectivity index (χ2v) is 4.63. The summed E-state index contributed by atoms with van der Waals surface area (Å²) in [6.07, 6.45) is 8.84. The highest BCUT2D eigenvalue weighted by molar-refractivity contribution is 4.84. The van der Waals surface area contributed by atoms with Gasteiger partial charge in [0, 0.05) is 6.61 Å². The van der Waals surface area contributed by atoms with Crippen molar-refractivity contribution >= 4 is 0 Å². The van der Waals surface area contributed by atoms with Crippen LogP contribution in [0.2, 0.25) is 0 Å². The van der Waals surface area contributed by atoms with E-state index in [4.69, 9.17) is 18.9 Å². The lowest BCUT2D eigenvalue weighted by Crippen LogP contribution is -2.22. The molecule has 1 aliphatic rings. The summed E-state index contributed by atoms with van der Waals surface area (Å²) in [5.41, 5.74) is 0. The van der Waals surface area contributed by atoms with Crippen LogP contribution in [0, 0.1) is 0 Å². The molecule has 0 spiro atoms. The molecule has 0 aromatic heterocycles. The summed E-state index contributed by atoms with van der Waals surface area (Å²) < 4.78 is 22.0. The molecule has 19 heavy (non-hydrogen) atoms. The van der Waals surface area contributed by atoms with Crippen molar-refractivity contribution in [3.05, 3.63) is 12.2 Å². The van der Waals surface area contributed by atoms with Crippen LogP contribution in [0.3, 0.4) is 0 Å². The quantitative estimate of drug-likeness (QED) is 0.452. The molecule has 0 radical (unpaired) electrons. The number of rotatable bonds is 10. The summed E-state index contributed by atoms with van der Waals surface area (Å²) in [6, 6.07) is 0. The van der Waals surface area contributed by atoms with Crippen molar-refractivity contribution in [3.8, 4) is 0 Å². The second-order valence-electron chi connectivity index (χ2n) is 4.63. The second kappa shape index (κ2) is 12.6. The van der Waals surface area contributed by atoms with Gasteiger partial charge in [-0.3, -0.25) is 0 Å². The van der Waals surface area contributed by atoms with Crippen LogP contribution in [0.25, 0.3) is 0 Å². The highest BCUT2D eigenvalue weighted by Crippen LogP contribution is 2.08. The van der Waals surface area contributed by atoms with Gasteiger partial charge in [0.2, 0.25) is 0 Å². The number of ether oxygens (including phenoxy) is 4. The van der Waals surface area contributed by atoms with Gasteiger partial charge in [0.05, 0.1) is 45.7 Å². The molecular weight excluding hydrogens is 244 g/mol. The van der Waals surface area contributed by atoms with E-state index in [1.165, 1.54) is 0 Å². The molecule has 0 fully saturated rings. The summed E-state index contributed by atoms with van der Waals surface area (Å²) in [5.74, 6) is 0. The van der Waals surface area contributed by atoms with E-state index in [1.807, 2.05) is 0 Å². The first-order valence-electron chi connectivity index (χ1n) is 7.43. The molecule has 0 aliphatic carbocycles. The summed E-state index contributed by atoms with van der Waals surface area (Å²) in [4.78, 5) is 0. The summed E-state index contributed by atoms with van der Waals surface area (Å²) >= 11 is 0. The Morgan fingerprint density at radius 3 is 2.42 bits per heavy atom. The molecule has 0 amide bonds. The summed E-state index contributed by atoms with van der Waals surface area (Å²) in [6.45, 7) is 6.96. The molecule has 0 saturated heterocycles. The van der Waals surface area contributed by atoms with Crippen LogP contribution in [-0.2, 0) is 18.9 Å². The van der Waals surface area contributed by atoms with Gasteiger partial charge in [-0.05, 0) is 25.7 Å². The minimum absolute atomic E-state index is 0.234. The monoisotopic (exact) mass is 272 g/mol. The van der Waals surface area contributed by atoms with E-state index < -0.39 is 0 Å². The lowest BCUT2D eigenvalue weighted by molar-refractivity contribution is -0.0381. The Morgan fingerprint density at radius 1 is 0.947 bits per heavy atom. The van der Waals surface area contributed by atoms with Crippen LogP contribution in [0.1, 0.15) is 32.6 Å². The van der Waals surface area contributed by atoms with Gasteiger partial charge in [-0.25, -0.2) is 0 Å². The standard InChI is InChI=1S/C15H28O4/c1-2-8-16-10-11-17-12-13-18-14-15-7-5-3-4-6-9-19-15/h3-4,15H,2,5-14H2,1H3/b4-3+/t15-/m1/s1. The topological polar surface area (TPSA) is 36.9 Å². The van der Waals surface area contributed by atoms with Crippen molar-refractivity contribution in [1.29, 1.82) is 0 Å². The van der Waals surface area contributed by atoms with Gasteiger partial charge in [-0.15, -0.1) is 0 Å². The smallest absolute Gasteiger partial charge is 0.0811 e. The predicted molar refractivity (Wildman–Crippen MR) is 75.5 cm³/mol. The number of hydrogen-bond donors (Lipinski definition) is 0. The van der Waals surface area contributed by atoms with E-state index in [2.05, 4.69) is 19.1 Å². The fourth-order valence-corrected chi connectivity index (χ4v) is 1.83. The lowest BCUT2D eigenvalue weighted by Gasteiger charge is -2.18. The highest BCUT2D eigenvalue weighted by atomic mass is 16.6. The molecule has 0 aromatic carbocycles. The van der Waals surface area contributed by atoms with Crippen LogP contribution in [0.5, 0.6) is 0 Å². The molecule has 1 aliphatic heterocycles.